The Morgan fingerprint density at radius 1 is 1.26 bits per heavy atom. The van der Waals surface area contributed by atoms with Crippen LogP contribution in [0.25, 0.3) is 17.0 Å². The van der Waals surface area contributed by atoms with Crippen LogP contribution in [0.4, 0.5) is 4.39 Å². The third-order valence-corrected chi connectivity index (χ3v) is 5.93. The second-order valence-electron chi connectivity index (χ2n) is 7.96. The highest BCUT2D eigenvalue weighted by molar-refractivity contribution is 6.30. The van der Waals surface area contributed by atoms with Gasteiger partial charge < -0.3 is 14.8 Å². The number of nitrogens with one attached hydrogen (secondary N) is 1. The molecule has 0 aliphatic carbocycles. The van der Waals surface area contributed by atoms with Crippen molar-refractivity contribution in [3.63, 3.8) is 0 Å². The molecule has 0 bridgehead atoms. The lowest BCUT2D eigenvalue weighted by atomic mass is 10.1. The fraction of sp³-hybridized carbons (Fsp3) is 0.250. The van der Waals surface area contributed by atoms with Crippen LogP contribution in [-0.4, -0.2) is 63.2 Å². The van der Waals surface area contributed by atoms with E-state index in [4.69, 9.17) is 26.1 Å². The van der Waals surface area contributed by atoms with E-state index in [1.165, 1.54) is 13.2 Å². The van der Waals surface area contributed by atoms with Crippen molar-refractivity contribution < 1.29 is 18.7 Å². The van der Waals surface area contributed by atoms with Crippen LogP contribution in [0.3, 0.4) is 0 Å². The molecule has 35 heavy (non-hydrogen) atoms. The Morgan fingerprint density at radius 3 is 2.89 bits per heavy atom. The lowest BCUT2D eigenvalue weighted by molar-refractivity contribution is -0.0442. The zero-order valence-corrected chi connectivity index (χ0v) is 19.6. The second kappa shape index (κ2) is 9.95. The van der Waals surface area contributed by atoms with Crippen molar-refractivity contribution in [2.75, 3.05) is 26.8 Å². The third kappa shape index (κ3) is 4.95. The van der Waals surface area contributed by atoms with Crippen molar-refractivity contribution in [2.45, 2.75) is 12.8 Å². The van der Waals surface area contributed by atoms with Gasteiger partial charge in [0.25, 0.3) is 5.91 Å². The van der Waals surface area contributed by atoms with Crippen LogP contribution in [0.1, 0.15) is 16.2 Å². The van der Waals surface area contributed by atoms with E-state index in [9.17, 15) is 9.18 Å². The Bertz CT molecular complexity index is 1360. The molecule has 180 valence electrons. The molecule has 1 unspecified atom stereocenters. The Hall–Kier alpha value is -3.60. The quantitative estimate of drug-likeness (QED) is 0.438. The molecule has 4 heterocycles. The summed E-state index contributed by atoms with van der Waals surface area (Å²) in [5.74, 6) is -0.667. The summed E-state index contributed by atoms with van der Waals surface area (Å²) in [6, 6.07) is 11.8. The zero-order valence-electron chi connectivity index (χ0n) is 18.8. The first-order valence-corrected chi connectivity index (χ1v) is 11.3. The minimum absolute atomic E-state index is 0.152. The van der Waals surface area contributed by atoms with Crippen molar-refractivity contribution >= 4 is 23.3 Å². The fourth-order valence-corrected chi connectivity index (χ4v) is 4.11. The molecular formula is C24H22ClFN6O3. The average molecular weight is 497 g/mol. The van der Waals surface area contributed by atoms with Crippen LogP contribution in [0.5, 0.6) is 5.88 Å². The lowest BCUT2D eigenvalue weighted by Gasteiger charge is -2.33. The van der Waals surface area contributed by atoms with Crippen LogP contribution in [0, 0.1) is 5.82 Å². The van der Waals surface area contributed by atoms with Gasteiger partial charge >= 0.3 is 0 Å². The van der Waals surface area contributed by atoms with Gasteiger partial charge in [-0.1, -0.05) is 23.7 Å². The smallest absolute Gasteiger partial charge is 0.275 e. The molecular weight excluding hydrogens is 475 g/mol. The van der Waals surface area contributed by atoms with Gasteiger partial charge in [-0.3, -0.25) is 14.1 Å². The van der Waals surface area contributed by atoms with Crippen molar-refractivity contribution in [1.29, 1.82) is 0 Å². The summed E-state index contributed by atoms with van der Waals surface area (Å²) in [6.45, 7) is 1.97. The van der Waals surface area contributed by atoms with Crippen molar-refractivity contribution in [3.05, 3.63) is 77.1 Å². The van der Waals surface area contributed by atoms with Gasteiger partial charge in [0.05, 0.1) is 25.1 Å². The van der Waals surface area contributed by atoms with Crippen LogP contribution in [0.15, 0.2) is 54.9 Å². The van der Waals surface area contributed by atoms with E-state index in [0.29, 0.717) is 37.0 Å². The summed E-state index contributed by atoms with van der Waals surface area (Å²) < 4.78 is 26.8. The van der Waals surface area contributed by atoms with Crippen molar-refractivity contribution in [1.82, 2.24) is 29.6 Å². The number of halogens is 2. The van der Waals surface area contributed by atoms with Gasteiger partial charge in [-0.25, -0.2) is 19.3 Å². The van der Waals surface area contributed by atoms with E-state index >= 15 is 0 Å². The van der Waals surface area contributed by atoms with E-state index in [-0.39, 0.29) is 11.6 Å². The summed E-state index contributed by atoms with van der Waals surface area (Å²) in [6.07, 6.45) is 2.98. The molecule has 9 nitrogen and oxygen atoms in total. The first-order valence-electron chi connectivity index (χ1n) is 10.9. The number of rotatable bonds is 6. The predicted molar refractivity (Wildman–Crippen MR) is 127 cm³/mol. The summed E-state index contributed by atoms with van der Waals surface area (Å²) in [4.78, 5) is 27.8. The van der Waals surface area contributed by atoms with Gasteiger partial charge in [-0.2, -0.15) is 0 Å². The fourth-order valence-electron chi connectivity index (χ4n) is 3.98. The number of nitrogens with zero attached hydrogens (tertiary/aromatic N) is 5. The van der Waals surface area contributed by atoms with Gasteiger partial charge in [-0.05, 0) is 24.3 Å². The van der Waals surface area contributed by atoms with Crippen LogP contribution in [0.2, 0.25) is 5.02 Å². The second-order valence-corrected chi connectivity index (χ2v) is 8.39. The Labute approximate surface area is 205 Å². The van der Waals surface area contributed by atoms with Gasteiger partial charge in [0.2, 0.25) is 11.7 Å². The normalized spacial score (nSPS) is 16.4. The lowest BCUT2D eigenvalue weighted by Crippen LogP contribution is -2.50. The van der Waals surface area contributed by atoms with Crippen molar-refractivity contribution in [2.24, 2.45) is 0 Å². The Balaban J connectivity index is 1.36. The molecule has 1 saturated heterocycles. The molecule has 3 aromatic heterocycles. The van der Waals surface area contributed by atoms with E-state index in [1.54, 1.807) is 6.20 Å². The third-order valence-electron chi connectivity index (χ3n) is 5.68. The number of aromatic nitrogens is 4. The number of methoxy groups -OCH3 is 1. The Morgan fingerprint density at radius 2 is 2.09 bits per heavy atom. The summed E-state index contributed by atoms with van der Waals surface area (Å²) >= 11 is 6.07. The molecule has 5 rings (SSSR count). The maximum absolute atomic E-state index is 14.2. The van der Waals surface area contributed by atoms with Crippen LogP contribution >= 0.6 is 11.6 Å². The number of hydrogen-bond donors (Lipinski definition) is 1. The molecule has 4 aromatic rings. The number of carbonyl (C=O) groups excluding carboxylic acids is 1. The highest BCUT2D eigenvalue weighted by Crippen LogP contribution is 2.27. The van der Waals surface area contributed by atoms with E-state index in [2.05, 4.69) is 20.2 Å². The summed E-state index contributed by atoms with van der Waals surface area (Å²) in [5.41, 5.74) is 2.33. The minimum Gasteiger partial charge on any atom is -0.481 e. The molecule has 1 fully saturated rings. The number of benzene rings is 1. The molecule has 1 atom stereocenters. The number of hydrogen-bond acceptors (Lipinski definition) is 7. The SMILES string of the molecule is COc1ccc(F)c(C(=O)NC2CN(Cc3c(-c4ccc(Cl)cc4)nc4ncccn34)CCO2)n1. The maximum Gasteiger partial charge on any atom is 0.275 e. The van der Waals surface area contributed by atoms with Crippen LogP contribution < -0.4 is 10.1 Å². The average Bonchev–Trinajstić information content (AvgIpc) is 3.23. The van der Waals surface area contributed by atoms with Gasteiger partial charge in [0, 0.05) is 48.7 Å². The van der Waals surface area contributed by atoms with Crippen molar-refractivity contribution in [3.8, 4) is 17.1 Å². The molecule has 0 saturated carbocycles. The highest BCUT2D eigenvalue weighted by atomic mass is 35.5. The molecule has 1 amide bonds. The standard InChI is InChI=1S/C24H22ClFN6O3/c1-34-19-8-7-17(26)22(28-19)23(33)29-20-14-31(11-12-35-20)13-18-21(15-3-5-16(25)6-4-15)30-24-27-9-2-10-32(18)24/h2-10,20H,11-14H2,1H3,(H,29,33). The summed E-state index contributed by atoms with van der Waals surface area (Å²) in [7, 11) is 1.40. The first kappa shape index (κ1) is 23.2. The number of carbonyl (C=O) groups is 1. The van der Waals surface area contributed by atoms with Gasteiger partial charge in [0.15, 0.2) is 11.5 Å². The molecule has 1 aliphatic rings. The minimum atomic E-state index is -0.734. The van der Waals surface area contributed by atoms with E-state index in [1.807, 2.05) is 40.9 Å². The molecule has 0 spiro atoms. The maximum atomic E-state index is 14.2. The monoisotopic (exact) mass is 496 g/mol. The molecule has 11 heteroatoms. The van der Waals surface area contributed by atoms with Gasteiger partial charge in [0.1, 0.15) is 6.23 Å². The molecule has 1 N–H and O–H groups in total. The number of amides is 1. The molecule has 1 aliphatic heterocycles. The first-order chi connectivity index (χ1) is 17.0. The number of morpholine rings is 1. The molecule has 1 aromatic carbocycles. The summed E-state index contributed by atoms with van der Waals surface area (Å²) in [5, 5.41) is 3.36. The number of imidazole rings is 1. The molecule has 0 radical (unpaired) electrons. The number of pyridine rings is 1. The van der Waals surface area contributed by atoms with Crippen LogP contribution in [-0.2, 0) is 11.3 Å². The van der Waals surface area contributed by atoms with Gasteiger partial charge in [-0.15, -0.1) is 0 Å². The number of ether oxygens (including phenoxy) is 2. The van der Waals surface area contributed by atoms with E-state index in [0.717, 1.165) is 23.0 Å². The Kier molecular flexibility index (Phi) is 6.58. The number of fused-ring (bicyclic) bond motifs is 1. The highest BCUT2D eigenvalue weighted by Gasteiger charge is 2.26. The zero-order chi connectivity index (χ0) is 24.4. The predicted octanol–water partition coefficient (Wildman–Crippen LogP) is 3.18. The topological polar surface area (TPSA) is 93.9 Å². The van der Waals surface area contributed by atoms with E-state index < -0.39 is 18.0 Å². The largest absolute Gasteiger partial charge is 0.481 e.